The van der Waals surface area contributed by atoms with Crippen LogP contribution in [0.4, 0.5) is 4.39 Å². The van der Waals surface area contributed by atoms with Crippen molar-refractivity contribution < 1.29 is 9.18 Å². The monoisotopic (exact) mass is 349 g/mol. The summed E-state index contributed by atoms with van der Waals surface area (Å²) in [5.74, 6) is -0.139. The minimum atomic E-state index is -0.174. The van der Waals surface area contributed by atoms with Crippen LogP contribution in [-0.4, -0.2) is 43.5 Å². The number of rotatable bonds is 6. The Morgan fingerprint density at radius 1 is 1.46 bits per heavy atom. The molecule has 2 aromatic rings. The van der Waals surface area contributed by atoms with E-state index in [9.17, 15) is 9.18 Å². The molecule has 1 atom stereocenters. The Bertz CT molecular complexity index is 703. The third-order valence-electron chi connectivity index (χ3n) is 4.53. The van der Waals surface area contributed by atoms with Crippen LogP contribution >= 0.6 is 11.3 Å². The standard InChI is InChI=1S/C18H24FN3OS/c1-13(23)21-6-2-3-8-22-9-7-20-11-17(22)16-12-24-18-10-14(19)4-5-15(16)18/h4-5,10,12,17,20H,2-3,6-9,11H2,1H3,(H,21,23). The van der Waals surface area contributed by atoms with E-state index in [0.717, 1.165) is 50.3 Å². The topological polar surface area (TPSA) is 44.4 Å². The Hall–Kier alpha value is -1.50. The lowest BCUT2D eigenvalue weighted by molar-refractivity contribution is -0.118. The van der Waals surface area contributed by atoms with E-state index < -0.39 is 0 Å². The first-order valence-corrected chi connectivity index (χ1v) is 9.39. The summed E-state index contributed by atoms with van der Waals surface area (Å²) >= 11 is 1.62. The molecule has 6 heteroatoms. The summed E-state index contributed by atoms with van der Waals surface area (Å²) in [6.45, 7) is 6.26. The van der Waals surface area contributed by atoms with Gasteiger partial charge in [0.2, 0.25) is 5.91 Å². The molecule has 1 aromatic carbocycles. The minimum Gasteiger partial charge on any atom is -0.356 e. The summed E-state index contributed by atoms with van der Waals surface area (Å²) in [7, 11) is 0. The Labute approximate surface area is 146 Å². The second-order valence-electron chi connectivity index (χ2n) is 6.28. The van der Waals surface area contributed by atoms with Gasteiger partial charge in [0.25, 0.3) is 0 Å². The first-order valence-electron chi connectivity index (χ1n) is 8.51. The molecule has 0 saturated carbocycles. The molecule has 4 nitrogen and oxygen atoms in total. The minimum absolute atomic E-state index is 0.0343. The maximum atomic E-state index is 13.4. The number of nitrogens with one attached hydrogen (secondary N) is 2. The number of carbonyl (C=O) groups excluding carboxylic acids is 1. The Morgan fingerprint density at radius 2 is 2.33 bits per heavy atom. The number of benzene rings is 1. The molecule has 2 heterocycles. The molecule has 0 bridgehead atoms. The molecule has 0 radical (unpaired) electrons. The smallest absolute Gasteiger partial charge is 0.216 e. The average molecular weight is 349 g/mol. The van der Waals surface area contributed by atoms with Crippen LogP contribution in [0.15, 0.2) is 23.6 Å². The molecule has 2 N–H and O–H groups in total. The van der Waals surface area contributed by atoms with Crippen molar-refractivity contribution in [1.29, 1.82) is 0 Å². The normalized spacial score (nSPS) is 18.8. The van der Waals surface area contributed by atoms with Gasteiger partial charge in [-0.15, -0.1) is 11.3 Å². The average Bonchev–Trinajstić information content (AvgIpc) is 2.97. The van der Waals surface area contributed by atoms with E-state index in [1.165, 1.54) is 10.9 Å². The van der Waals surface area contributed by atoms with Gasteiger partial charge in [-0.2, -0.15) is 0 Å². The van der Waals surface area contributed by atoms with Crippen LogP contribution in [0.1, 0.15) is 31.4 Å². The summed E-state index contributed by atoms with van der Waals surface area (Å²) in [5.41, 5.74) is 1.30. The lowest BCUT2D eigenvalue weighted by Crippen LogP contribution is -2.46. The predicted octanol–water partition coefficient (Wildman–Crippen LogP) is 2.90. The van der Waals surface area contributed by atoms with Gasteiger partial charge >= 0.3 is 0 Å². The van der Waals surface area contributed by atoms with E-state index in [1.54, 1.807) is 30.4 Å². The summed E-state index contributed by atoms with van der Waals surface area (Å²) in [6.07, 6.45) is 2.05. The molecule has 1 saturated heterocycles. The molecule has 1 fully saturated rings. The fourth-order valence-electron chi connectivity index (χ4n) is 3.31. The van der Waals surface area contributed by atoms with E-state index in [1.807, 2.05) is 6.07 Å². The molecule has 3 rings (SSSR count). The molecule has 1 aliphatic rings. The number of hydrogen-bond acceptors (Lipinski definition) is 4. The Morgan fingerprint density at radius 3 is 3.17 bits per heavy atom. The second-order valence-corrected chi connectivity index (χ2v) is 7.19. The van der Waals surface area contributed by atoms with Crippen molar-refractivity contribution in [3.05, 3.63) is 35.0 Å². The van der Waals surface area contributed by atoms with Crippen LogP contribution in [0, 0.1) is 5.82 Å². The van der Waals surface area contributed by atoms with Gasteiger partial charge in [-0.25, -0.2) is 4.39 Å². The third kappa shape index (κ3) is 4.12. The van der Waals surface area contributed by atoms with Crippen LogP contribution in [0.5, 0.6) is 0 Å². The molecule has 0 spiro atoms. The van der Waals surface area contributed by atoms with Crippen LogP contribution in [-0.2, 0) is 4.79 Å². The number of fused-ring (bicyclic) bond motifs is 1. The Balaban J connectivity index is 1.66. The summed E-state index contributed by atoms with van der Waals surface area (Å²) in [6, 6.07) is 5.41. The maximum absolute atomic E-state index is 13.4. The molecular weight excluding hydrogens is 325 g/mol. The maximum Gasteiger partial charge on any atom is 0.216 e. The largest absolute Gasteiger partial charge is 0.356 e. The van der Waals surface area contributed by atoms with Crippen LogP contribution in [0.25, 0.3) is 10.1 Å². The van der Waals surface area contributed by atoms with Crippen molar-refractivity contribution >= 4 is 27.3 Å². The van der Waals surface area contributed by atoms with E-state index in [-0.39, 0.29) is 11.7 Å². The van der Waals surface area contributed by atoms with Crippen molar-refractivity contribution in [2.45, 2.75) is 25.8 Å². The van der Waals surface area contributed by atoms with Crippen molar-refractivity contribution in [3.8, 4) is 0 Å². The molecular formula is C18H24FN3OS. The van der Waals surface area contributed by atoms with Crippen molar-refractivity contribution in [1.82, 2.24) is 15.5 Å². The summed E-state index contributed by atoms with van der Waals surface area (Å²) < 4.78 is 14.4. The molecule has 1 aliphatic heterocycles. The van der Waals surface area contributed by atoms with Gasteiger partial charge in [-0.1, -0.05) is 6.07 Å². The van der Waals surface area contributed by atoms with Crippen LogP contribution in [0.3, 0.4) is 0 Å². The van der Waals surface area contributed by atoms with Gasteiger partial charge in [0.15, 0.2) is 0 Å². The quantitative estimate of drug-likeness (QED) is 0.788. The van der Waals surface area contributed by atoms with Crippen molar-refractivity contribution in [2.75, 3.05) is 32.7 Å². The van der Waals surface area contributed by atoms with Gasteiger partial charge in [0, 0.05) is 43.8 Å². The van der Waals surface area contributed by atoms with Crippen LogP contribution in [0.2, 0.25) is 0 Å². The first-order chi connectivity index (χ1) is 11.6. The van der Waals surface area contributed by atoms with Gasteiger partial charge in [-0.05, 0) is 47.8 Å². The SMILES string of the molecule is CC(=O)NCCCCN1CCNCC1c1csc2cc(F)ccc12. The molecule has 1 unspecified atom stereocenters. The lowest BCUT2D eigenvalue weighted by Gasteiger charge is -2.36. The number of piperazine rings is 1. The van der Waals surface area contributed by atoms with Crippen LogP contribution < -0.4 is 10.6 Å². The van der Waals surface area contributed by atoms with Gasteiger partial charge in [0.05, 0.1) is 0 Å². The van der Waals surface area contributed by atoms with Gasteiger partial charge in [0.1, 0.15) is 5.82 Å². The van der Waals surface area contributed by atoms with E-state index >= 15 is 0 Å². The molecule has 24 heavy (non-hydrogen) atoms. The lowest BCUT2D eigenvalue weighted by atomic mass is 10.0. The number of thiophene rings is 1. The number of hydrogen-bond donors (Lipinski definition) is 2. The zero-order valence-corrected chi connectivity index (χ0v) is 14.8. The highest BCUT2D eigenvalue weighted by Crippen LogP contribution is 2.34. The Kier molecular flexibility index (Phi) is 5.81. The van der Waals surface area contributed by atoms with Gasteiger partial charge in [-0.3, -0.25) is 9.69 Å². The zero-order chi connectivity index (χ0) is 16.9. The first kappa shape index (κ1) is 17.3. The highest BCUT2D eigenvalue weighted by molar-refractivity contribution is 7.17. The van der Waals surface area contributed by atoms with E-state index in [0.29, 0.717) is 6.04 Å². The molecule has 1 amide bonds. The van der Waals surface area contributed by atoms with E-state index in [2.05, 4.69) is 20.9 Å². The molecule has 0 aliphatic carbocycles. The number of halogens is 1. The number of carbonyl (C=O) groups is 1. The third-order valence-corrected chi connectivity index (χ3v) is 5.49. The predicted molar refractivity (Wildman–Crippen MR) is 96.9 cm³/mol. The zero-order valence-electron chi connectivity index (χ0n) is 14.0. The fourth-order valence-corrected chi connectivity index (χ4v) is 4.34. The highest BCUT2D eigenvalue weighted by atomic mass is 32.1. The number of unbranched alkanes of at least 4 members (excludes halogenated alkanes) is 1. The van der Waals surface area contributed by atoms with Crippen molar-refractivity contribution in [3.63, 3.8) is 0 Å². The number of amides is 1. The van der Waals surface area contributed by atoms with Gasteiger partial charge < -0.3 is 10.6 Å². The summed E-state index contributed by atoms with van der Waals surface area (Å²) in [5, 5.41) is 9.66. The number of nitrogens with zero attached hydrogens (tertiary/aromatic N) is 1. The molecule has 1 aromatic heterocycles. The second kappa shape index (κ2) is 8.05. The fraction of sp³-hybridized carbons (Fsp3) is 0.500. The molecule has 130 valence electrons. The van der Waals surface area contributed by atoms with E-state index in [4.69, 9.17) is 0 Å². The highest BCUT2D eigenvalue weighted by Gasteiger charge is 2.25. The van der Waals surface area contributed by atoms with Crippen molar-refractivity contribution in [2.24, 2.45) is 0 Å². The summed E-state index contributed by atoms with van der Waals surface area (Å²) in [4.78, 5) is 13.4.